The van der Waals surface area contributed by atoms with E-state index in [0.29, 0.717) is 12.3 Å². The maximum atomic E-state index is 11.1. The molecule has 0 aromatic heterocycles. The van der Waals surface area contributed by atoms with Gasteiger partial charge in [-0.15, -0.1) is 0 Å². The molecular weight excluding hydrogens is 188 g/mol. The van der Waals surface area contributed by atoms with Crippen molar-refractivity contribution >= 4 is 5.78 Å². The number of ketones is 1. The molecule has 0 heterocycles. The lowest BCUT2D eigenvalue weighted by molar-refractivity contribution is -0.116. The van der Waals surface area contributed by atoms with Crippen LogP contribution in [0.3, 0.4) is 0 Å². The van der Waals surface area contributed by atoms with E-state index in [1.807, 2.05) is 12.1 Å². The van der Waals surface area contributed by atoms with Crippen LogP contribution in [0.25, 0.3) is 0 Å². The largest absolute Gasteiger partial charge is 0.496 e. The van der Waals surface area contributed by atoms with E-state index in [-0.39, 0.29) is 5.78 Å². The molecule has 1 aromatic rings. The molecule has 0 spiro atoms. The first-order valence-corrected chi connectivity index (χ1v) is 5.21. The van der Waals surface area contributed by atoms with E-state index in [9.17, 15) is 4.79 Å². The fraction of sp³-hybridized carbons (Fsp3) is 0.462. The minimum Gasteiger partial charge on any atom is -0.496 e. The summed E-state index contributed by atoms with van der Waals surface area (Å²) in [5.41, 5.74) is 2.23. The Morgan fingerprint density at radius 2 is 2.07 bits per heavy atom. The first-order chi connectivity index (χ1) is 7.04. The first-order valence-electron chi connectivity index (χ1n) is 5.21. The molecule has 0 saturated carbocycles. The molecular formula is C13H18O2. The molecule has 0 aliphatic carbocycles. The van der Waals surface area contributed by atoms with Crippen molar-refractivity contribution in [2.75, 3.05) is 7.11 Å². The molecule has 1 rings (SSSR count). The minimum absolute atomic E-state index is 0.161. The van der Waals surface area contributed by atoms with Crippen molar-refractivity contribution in [3.63, 3.8) is 0 Å². The van der Waals surface area contributed by atoms with Gasteiger partial charge in [0, 0.05) is 12.0 Å². The zero-order chi connectivity index (χ0) is 11.4. The van der Waals surface area contributed by atoms with Crippen LogP contribution in [0, 0.1) is 0 Å². The number of benzene rings is 1. The monoisotopic (exact) mass is 206 g/mol. The predicted molar refractivity (Wildman–Crippen MR) is 61.5 cm³/mol. The quantitative estimate of drug-likeness (QED) is 0.757. The van der Waals surface area contributed by atoms with E-state index in [1.54, 1.807) is 14.0 Å². The minimum atomic E-state index is 0.161. The van der Waals surface area contributed by atoms with E-state index < -0.39 is 0 Å². The normalized spacial score (nSPS) is 10.5. The Balaban J connectivity index is 3.07. The second-order valence-corrected chi connectivity index (χ2v) is 4.10. The highest BCUT2D eigenvalue weighted by atomic mass is 16.5. The zero-order valence-corrected chi connectivity index (χ0v) is 9.83. The molecule has 0 fully saturated rings. The molecule has 0 aliphatic heterocycles. The molecule has 82 valence electrons. The number of Topliss-reactive ketones (excluding diaryl/α,β-unsaturated/α-hetero) is 1. The van der Waals surface area contributed by atoms with Gasteiger partial charge in [-0.3, -0.25) is 4.79 Å². The lowest BCUT2D eigenvalue weighted by Crippen LogP contribution is -2.01. The van der Waals surface area contributed by atoms with Gasteiger partial charge in [0.05, 0.1) is 7.11 Å². The van der Waals surface area contributed by atoms with Gasteiger partial charge in [0.15, 0.2) is 0 Å². The van der Waals surface area contributed by atoms with Crippen LogP contribution in [-0.2, 0) is 11.2 Å². The van der Waals surface area contributed by atoms with E-state index in [0.717, 1.165) is 11.3 Å². The van der Waals surface area contributed by atoms with E-state index in [2.05, 4.69) is 19.9 Å². The van der Waals surface area contributed by atoms with Gasteiger partial charge in [0.1, 0.15) is 11.5 Å². The Labute approximate surface area is 91.3 Å². The number of rotatable bonds is 4. The number of carbonyl (C=O) groups excluding carboxylic acids is 1. The van der Waals surface area contributed by atoms with E-state index >= 15 is 0 Å². The molecule has 15 heavy (non-hydrogen) atoms. The Morgan fingerprint density at radius 1 is 1.40 bits per heavy atom. The number of carbonyl (C=O) groups is 1. The van der Waals surface area contributed by atoms with Crippen molar-refractivity contribution in [3.8, 4) is 5.75 Å². The Hall–Kier alpha value is -1.31. The smallest absolute Gasteiger partial charge is 0.134 e. The molecule has 0 N–H and O–H groups in total. The summed E-state index contributed by atoms with van der Waals surface area (Å²) in [6, 6.07) is 6.05. The molecule has 1 aromatic carbocycles. The van der Waals surface area contributed by atoms with Gasteiger partial charge in [-0.1, -0.05) is 26.0 Å². The molecule has 0 amide bonds. The highest BCUT2D eigenvalue weighted by Gasteiger charge is 2.08. The second-order valence-electron chi connectivity index (χ2n) is 4.10. The van der Waals surface area contributed by atoms with Crippen molar-refractivity contribution in [1.82, 2.24) is 0 Å². The van der Waals surface area contributed by atoms with Gasteiger partial charge in [0.25, 0.3) is 0 Å². The van der Waals surface area contributed by atoms with Crippen LogP contribution in [0.1, 0.15) is 37.8 Å². The van der Waals surface area contributed by atoms with Crippen molar-refractivity contribution in [2.24, 2.45) is 0 Å². The number of ether oxygens (including phenoxy) is 1. The van der Waals surface area contributed by atoms with Crippen molar-refractivity contribution in [1.29, 1.82) is 0 Å². The van der Waals surface area contributed by atoms with Gasteiger partial charge in [-0.05, 0) is 24.5 Å². The summed E-state index contributed by atoms with van der Waals surface area (Å²) in [5.74, 6) is 1.44. The van der Waals surface area contributed by atoms with Crippen molar-refractivity contribution < 1.29 is 9.53 Å². The highest BCUT2D eigenvalue weighted by molar-refractivity contribution is 5.79. The zero-order valence-electron chi connectivity index (χ0n) is 9.83. The third-order valence-electron chi connectivity index (χ3n) is 2.41. The first kappa shape index (κ1) is 11.8. The topological polar surface area (TPSA) is 26.3 Å². The van der Waals surface area contributed by atoms with E-state index in [4.69, 9.17) is 4.74 Å². The van der Waals surface area contributed by atoms with Crippen molar-refractivity contribution in [3.05, 3.63) is 29.3 Å². The molecule has 0 atom stereocenters. The van der Waals surface area contributed by atoms with Crippen LogP contribution in [0.2, 0.25) is 0 Å². The highest BCUT2D eigenvalue weighted by Crippen LogP contribution is 2.24. The third kappa shape index (κ3) is 3.08. The summed E-state index contributed by atoms with van der Waals surface area (Å²) < 4.78 is 5.23. The van der Waals surface area contributed by atoms with Crippen LogP contribution in [-0.4, -0.2) is 12.9 Å². The lowest BCUT2D eigenvalue weighted by atomic mass is 9.98. The summed E-state index contributed by atoms with van der Waals surface area (Å²) in [6.45, 7) is 5.88. The van der Waals surface area contributed by atoms with Gasteiger partial charge < -0.3 is 4.74 Å². The van der Waals surface area contributed by atoms with Crippen LogP contribution >= 0.6 is 0 Å². The molecule has 0 unspecified atom stereocenters. The maximum Gasteiger partial charge on any atom is 0.134 e. The van der Waals surface area contributed by atoms with Gasteiger partial charge in [0.2, 0.25) is 0 Å². The van der Waals surface area contributed by atoms with Crippen LogP contribution in [0.5, 0.6) is 5.75 Å². The summed E-state index contributed by atoms with van der Waals surface area (Å²) in [7, 11) is 1.63. The maximum absolute atomic E-state index is 11.1. The van der Waals surface area contributed by atoms with Gasteiger partial charge in [-0.25, -0.2) is 0 Å². The van der Waals surface area contributed by atoms with Crippen LogP contribution < -0.4 is 4.74 Å². The molecule has 0 bridgehead atoms. The predicted octanol–water partition coefficient (Wildman–Crippen LogP) is 2.95. The molecule has 2 nitrogen and oxygen atoms in total. The standard InChI is InChI=1S/C13H18O2/c1-9(2)11-5-6-13(15-4)12(8-11)7-10(3)14/h5-6,8-9H,7H2,1-4H3. The van der Waals surface area contributed by atoms with E-state index in [1.165, 1.54) is 5.56 Å². The summed E-state index contributed by atoms with van der Waals surface area (Å²) in [6.07, 6.45) is 0.448. The van der Waals surface area contributed by atoms with Gasteiger partial charge >= 0.3 is 0 Å². The van der Waals surface area contributed by atoms with Gasteiger partial charge in [-0.2, -0.15) is 0 Å². The summed E-state index contributed by atoms with van der Waals surface area (Å²) in [5, 5.41) is 0. The Kier molecular flexibility index (Phi) is 3.89. The molecule has 0 aliphatic rings. The SMILES string of the molecule is COc1ccc(C(C)C)cc1CC(C)=O. The van der Waals surface area contributed by atoms with Crippen LogP contribution in [0.15, 0.2) is 18.2 Å². The number of hydrogen-bond donors (Lipinski definition) is 0. The van der Waals surface area contributed by atoms with Crippen LogP contribution in [0.4, 0.5) is 0 Å². The number of hydrogen-bond acceptors (Lipinski definition) is 2. The third-order valence-corrected chi connectivity index (χ3v) is 2.41. The molecule has 2 heteroatoms. The Morgan fingerprint density at radius 3 is 2.53 bits per heavy atom. The molecule has 0 saturated heterocycles. The fourth-order valence-electron chi connectivity index (χ4n) is 1.56. The average Bonchev–Trinajstić information content (AvgIpc) is 2.16. The summed E-state index contributed by atoms with van der Waals surface area (Å²) in [4.78, 5) is 11.1. The average molecular weight is 206 g/mol. The van der Waals surface area contributed by atoms with Crippen molar-refractivity contribution in [2.45, 2.75) is 33.1 Å². The summed E-state index contributed by atoms with van der Waals surface area (Å²) >= 11 is 0. The fourth-order valence-corrected chi connectivity index (χ4v) is 1.56. The lowest BCUT2D eigenvalue weighted by Gasteiger charge is -2.11. The molecule has 0 radical (unpaired) electrons. The number of methoxy groups -OCH3 is 1. The second kappa shape index (κ2) is 4.96. The Bertz CT molecular complexity index is 354.